The number of nitrogens with zero attached hydrogens (tertiary/aromatic N) is 5. The van der Waals surface area contributed by atoms with Gasteiger partial charge in [-0.25, -0.2) is 9.02 Å². The molecule has 11 heteroatoms. The van der Waals surface area contributed by atoms with Crippen molar-refractivity contribution in [3.8, 4) is 6.07 Å². The number of nitriles is 1. The number of carbonyl (C=O) groups excluding carboxylic acids is 1. The highest BCUT2D eigenvalue weighted by atomic mass is 19.1. The molecule has 1 heterocycles. The Labute approximate surface area is 147 Å². The molecule has 0 bridgehead atoms. The largest absolute Gasteiger partial charge is 0.397 e. The lowest BCUT2D eigenvalue weighted by Crippen LogP contribution is -2.32. The lowest BCUT2D eigenvalue weighted by Gasteiger charge is -2.18. The molecule has 136 valence electrons. The molecule has 10 nitrogen and oxygen atoms in total. The molecule has 26 heavy (non-hydrogen) atoms. The molecular formula is C15H15FN6O4. The molecular weight excluding hydrogens is 347 g/mol. The van der Waals surface area contributed by atoms with E-state index in [0.29, 0.717) is 19.6 Å². The molecule has 0 fully saturated rings. The van der Waals surface area contributed by atoms with Crippen molar-refractivity contribution in [1.82, 2.24) is 10.3 Å². The minimum Gasteiger partial charge on any atom is -0.397 e. The quantitative estimate of drug-likeness (QED) is 0.243. The molecule has 0 aliphatic rings. The monoisotopic (exact) mass is 362 g/mol. The minimum absolute atomic E-state index is 0.0702. The van der Waals surface area contributed by atoms with Gasteiger partial charge in [-0.15, -0.1) is 0 Å². The third kappa shape index (κ3) is 4.11. The van der Waals surface area contributed by atoms with Crippen LogP contribution in [0, 0.1) is 17.1 Å². The van der Waals surface area contributed by atoms with E-state index in [-0.39, 0.29) is 28.6 Å². The van der Waals surface area contributed by atoms with E-state index in [9.17, 15) is 9.18 Å². The zero-order chi connectivity index (χ0) is 18.9. The van der Waals surface area contributed by atoms with Crippen molar-refractivity contribution < 1.29 is 23.4 Å². The second-order valence-electron chi connectivity index (χ2n) is 4.73. The number of benzene rings is 1. The average molecular weight is 362 g/mol. The first-order valence-corrected chi connectivity index (χ1v) is 7.27. The van der Waals surface area contributed by atoms with E-state index in [0.717, 1.165) is 11.0 Å². The topological polar surface area (TPSA) is 126 Å². The van der Waals surface area contributed by atoms with Crippen molar-refractivity contribution in [3.63, 3.8) is 0 Å². The molecule has 1 aromatic carbocycles. The number of methoxy groups -OCH3 is 1. The summed E-state index contributed by atoms with van der Waals surface area (Å²) in [6, 6.07) is 5.27. The fraction of sp³-hybridized carbons (Fsp3) is 0.267. The Morgan fingerprint density at radius 1 is 1.50 bits per heavy atom. The summed E-state index contributed by atoms with van der Waals surface area (Å²) in [5.41, 5.74) is 0.0281. The maximum atomic E-state index is 13.6. The first kappa shape index (κ1) is 18.8. The van der Waals surface area contributed by atoms with Crippen molar-refractivity contribution in [2.24, 2.45) is 5.16 Å². The fourth-order valence-electron chi connectivity index (χ4n) is 1.99. The second-order valence-corrected chi connectivity index (χ2v) is 4.73. The zero-order valence-corrected chi connectivity index (χ0v) is 14.0. The standard InChI is InChI=1S/C15H15FN6O4/c1-24-6-5-18-14-13(19-26-20-14)15(21-25-2)22(9-23)11-3-4-12(16)10(7-11)8-17/h3-4,7,9H,5-6H2,1-2H3,(H,18,20)/b21-15-. The van der Waals surface area contributed by atoms with Gasteiger partial charge in [0.15, 0.2) is 5.69 Å². The molecule has 0 spiro atoms. The molecule has 1 amide bonds. The fourth-order valence-corrected chi connectivity index (χ4v) is 1.99. The van der Waals surface area contributed by atoms with Gasteiger partial charge in [0.05, 0.1) is 17.9 Å². The van der Waals surface area contributed by atoms with Crippen LogP contribution in [0.15, 0.2) is 28.0 Å². The van der Waals surface area contributed by atoms with E-state index in [1.165, 1.54) is 26.4 Å². The Hall–Kier alpha value is -3.52. The number of carbonyl (C=O) groups is 1. The van der Waals surface area contributed by atoms with Crippen molar-refractivity contribution in [2.75, 3.05) is 37.6 Å². The van der Waals surface area contributed by atoms with E-state index in [4.69, 9.17) is 19.5 Å². The number of aromatic nitrogens is 2. The van der Waals surface area contributed by atoms with Gasteiger partial charge < -0.3 is 14.9 Å². The SMILES string of the molecule is COCCNc1nonc1/C(=N/OC)N(C=O)c1ccc(F)c(C#N)c1. The van der Waals surface area contributed by atoms with E-state index >= 15 is 0 Å². The molecule has 0 atom stereocenters. The number of hydrogen-bond acceptors (Lipinski definition) is 9. The van der Waals surface area contributed by atoms with Crippen LogP contribution in [0.4, 0.5) is 15.9 Å². The van der Waals surface area contributed by atoms with Crippen LogP contribution < -0.4 is 10.2 Å². The van der Waals surface area contributed by atoms with Gasteiger partial charge in [0.1, 0.15) is 19.0 Å². The van der Waals surface area contributed by atoms with Gasteiger partial charge >= 0.3 is 0 Å². The highest BCUT2D eigenvalue weighted by Crippen LogP contribution is 2.22. The second kappa shape index (κ2) is 9.09. The molecule has 0 saturated heterocycles. The third-order valence-electron chi connectivity index (χ3n) is 3.16. The first-order chi connectivity index (χ1) is 12.7. The lowest BCUT2D eigenvalue weighted by molar-refractivity contribution is -0.106. The molecule has 0 aliphatic carbocycles. The van der Waals surface area contributed by atoms with Crippen LogP contribution in [0.1, 0.15) is 11.3 Å². The Balaban J connectivity index is 2.43. The summed E-state index contributed by atoms with van der Waals surface area (Å²) in [4.78, 5) is 17.5. The smallest absolute Gasteiger partial charge is 0.220 e. The number of halogens is 1. The highest BCUT2D eigenvalue weighted by molar-refractivity contribution is 6.19. The molecule has 0 unspecified atom stereocenters. The van der Waals surface area contributed by atoms with Crippen LogP contribution in [0.25, 0.3) is 0 Å². The maximum absolute atomic E-state index is 13.6. The van der Waals surface area contributed by atoms with E-state index < -0.39 is 5.82 Å². The molecule has 0 radical (unpaired) electrons. The lowest BCUT2D eigenvalue weighted by atomic mass is 10.2. The van der Waals surface area contributed by atoms with E-state index in [2.05, 4.69) is 20.8 Å². The van der Waals surface area contributed by atoms with Gasteiger partial charge in [0.25, 0.3) is 0 Å². The normalized spacial score (nSPS) is 10.9. The Kier molecular flexibility index (Phi) is 6.58. The molecule has 0 aliphatic heterocycles. The van der Waals surface area contributed by atoms with Gasteiger partial charge in [0, 0.05) is 13.7 Å². The number of hydrogen-bond donors (Lipinski definition) is 1. The number of anilines is 2. The zero-order valence-electron chi connectivity index (χ0n) is 14.0. The van der Waals surface area contributed by atoms with Crippen molar-refractivity contribution in [2.45, 2.75) is 0 Å². The van der Waals surface area contributed by atoms with Crippen LogP contribution in [-0.2, 0) is 14.4 Å². The molecule has 2 aromatic rings. The number of amides is 1. The molecule has 1 N–H and O–H groups in total. The summed E-state index contributed by atoms with van der Waals surface area (Å²) in [7, 11) is 2.82. The van der Waals surface area contributed by atoms with Crippen LogP contribution in [0.3, 0.4) is 0 Å². The predicted octanol–water partition coefficient (Wildman–Crippen LogP) is 1.11. The van der Waals surface area contributed by atoms with Crippen molar-refractivity contribution in [3.05, 3.63) is 35.3 Å². The van der Waals surface area contributed by atoms with Gasteiger partial charge in [-0.05, 0) is 28.5 Å². The van der Waals surface area contributed by atoms with Crippen LogP contribution >= 0.6 is 0 Å². The Morgan fingerprint density at radius 2 is 2.31 bits per heavy atom. The third-order valence-corrected chi connectivity index (χ3v) is 3.16. The van der Waals surface area contributed by atoms with Gasteiger partial charge in [-0.2, -0.15) is 5.26 Å². The van der Waals surface area contributed by atoms with Crippen LogP contribution in [0.2, 0.25) is 0 Å². The summed E-state index contributed by atoms with van der Waals surface area (Å²) >= 11 is 0. The van der Waals surface area contributed by atoms with Gasteiger partial charge in [-0.3, -0.25) is 9.69 Å². The summed E-state index contributed by atoms with van der Waals surface area (Å²) in [5.74, 6) is -0.580. The van der Waals surface area contributed by atoms with Crippen LogP contribution in [-0.4, -0.2) is 49.9 Å². The minimum atomic E-state index is -0.711. The number of amidine groups is 1. The summed E-state index contributed by atoms with van der Waals surface area (Å²) < 4.78 is 23.2. The Bertz CT molecular complexity index is 832. The number of ether oxygens (including phenoxy) is 1. The van der Waals surface area contributed by atoms with E-state index in [1.54, 1.807) is 6.07 Å². The Morgan fingerprint density at radius 3 is 2.96 bits per heavy atom. The van der Waals surface area contributed by atoms with Gasteiger partial charge in [-0.1, -0.05) is 5.16 Å². The summed E-state index contributed by atoms with van der Waals surface area (Å²) in [6.45, 7) is 0.790. The maximum Gasteiger partial charge on any atom is 0.220 e. The average Bonchev–Trinajstić information content (AvgIpc) is 3.11. The summed E-state index contributed by atoms with van der Waals surface area (Å²) in [6.07, 6.45) is 0.417. The van der Waals surface area contributed by atoms with Crippen molar-refractivity contribution >= 4 is 23.8 Å². The number of rotatable bonds is 8. The molecule has 2 rings (SSSR count). The predicted molar refractivity (Wildman–Crippen MR) is 87.9 cm³/mol. The number of nitrogens with one attached hydrogen (secondary N) is 1. The molecule has 1 aromatic heterocycles. The summed E-state index contributed by atoms with van der Waals surface area (Å²) in [5, 5.41) is 23.1. The van der Waals surface area contributed by atoms with Crippen LogP contribution in [0.5, 0.6) is 0 Å². The van der Waals surface area contributed by atoms with Gasteiger partial charge in [0.2, 0.25) is 18.1 Å². The molecule has 0 saturated carbocycles. The van der Waals surface area contributed by atoms with Crippen molar-refractivity contribution in [1.29, 1.82) is 5.26 Å². The van der Waals surface area contributed by atoms with E-state index in [1.807, 2.05) is 0 Å². The highest BCUT2D eigenvalue weighted by Gasteiger charge is 2.25. The first-order valence-electron chi connectivity index (χ1n) is 7.27. The number of oxime groups is 1.